The predicted molar refractivity (Wildman–Crippen MR) is 240 cm³/mol. The van der Waals surface area contributed by atoms with Crippen LogP contribution in [0.2, 0.25) is 5.28 Å². The molecule has 0 aliphatic carbocycles. The summed E-state index contributed by atoms with van der Waals surface area (Å²) in [6.07, 6.45) is -5.72. The molecule has 25 heteroatoms. The Morgan fingerprint density at radius 2 is 0.865 bits per heavy atom. The molecule has 0 aliphatic rings. The van der Waals surface area contributed by atoms with Crippen LogP contribution in [0.1, 0.15) is 0 Å². The quantitative estimate of drug-likeness (QED) is 0.201. The number of benzene rings is 4. The fourth-order valence-corrected chi connectivity index (χ4v) is 6.94. The van der Waals surface area contributed by atoms with Gasteiger partial charge in [-0.3, -0.25) is 0 Å². The van der Waals surface area contributed by atoms with Crippen LogP contribution in [0.3, 0.4) is 0 Å². The molecule has 3 heterocycles. The molecular weight excluding hydrogens is 639 g/mol. The van der Waals surface area contributed by atoms with Crippen LogP contribution in [0.25, 0.3) is 66.7 Å². The molecule has 0 amide bonds. The molecule has 0 atom stereocenters. The molecule has 21 radical (unpaired) electrons. The summed E-state index contributed by atoms with van der Waals surface area (Å²) in [7, 11) is 58.4. The van der Waals surface area contributed by atoms with E-state index in [1.807, 2.05) is 84.9 Å². The summed E-state index contributed by atoms with van der Waals surface area (Å²) in [6.45, 7) is 0. The highest BCUT2D eigenvalue weighted by atomic mass is 35.5. The van der Waals surface area contributed by atoms with Crippen LogP contribution in [0.4, 0.5) is 0 Å². The highest BCUT2D eigenvalue weighted by Crippen LogP contribution is 2.34. The number of halogens is 1. The lowest BCUT2D eigenvalue weighted by atomic mass is 8.40. The summed E-state index contributed by atoms with van der Waals surface area (Å²) in [5.74, 6) is 0.967. The van der Waals surface area contributed by atoms with E-state index in [-0.39, 0.29) is 5.28 Å². The number of aromatic nitrogens is 3. The zero-order valence-corrected chi connectivity index (χ0v) is 28.8. The van der Waals surface area contributed by atoms with E-state index < -0.39 is 51.1 Å². The average Bonchev–Trinajstić information content (AvgIpc) is 3.68. The lowest BCUT2D eigenvalue weighted by molar-refractivity contribution is 0.668. The van der Waals surface area contributed by atoms with Gasteiger partial charge in [0.05, 0.1) is 0 Å². The third kappa shape index (κ3) is 8.08. The van der Waals surface area contributed by atoms with E-state index in [9.17, 15) is 0 Å². The minimum atomic E-state index is -0.837. The van der Waals surface area contributed by atoms with Crippen LogP contribution in [0, 0.1) is 0 Å². The molecule has 52 heavy (non-hydrogen) atoms. The van der Waals surface area contributed by atoms with Crippen molar-refractivity contribution in [2.24, 2.45) is 0 Å². The van der Waals surface area contributed by atoms with Crippen molar-refractivity contribution < 1.29 is 8.83 Å². The zero-order chi connectivity index (χ0) is 37.3. The highest BCUT2D eigenvalue weighted by Gasteiger charge is 2.42. The van der Waals surface area contributed by atoms with E-state index in [4.69, 9.17) is 103 Å². The third-order valence-electron chi connectivity index (χ3n) is 9.22. The Labute approximate surface area is 326 Å². The fraction of sp³-hybridized carbons (Fsp3) is 0. The van der Waals surface area contributed by atoms with Gasteiger partial charge in [-0.25, -0.2) is 4.98 Å². The van der Waals surface area contributed by atoms with Gasteiger partial charge in [0.25, 0.3) is 0 Å². The Kier molecular flexibility index (Phi) is 12.3. The van der Waals surface area contributed by atoms with Crippen molar-refractivity contribution in [1.82, 2.24) is 15.0 Å². The maximum atomic E-state index is 6.31. The number of hydrogen-bond donors (Lipinski definition) is 0. The van der Waals surface area contributed by atoms with Crippen molar-refractivity contribution in [3.63, 3.8) is 0 Å². The van der Waals surface area contributed by atoms with Gasteiger partial charge in [0.1, 0.15) is 22.3 Å². The average molecular weight is 653 g/mol. The fourth-order valence-electron chi connectivity index (χ4n) is 6.78. The molecule has 213 valence electrons. The molecule has 0 N–H and O–H groups in total. The van der Waals surface area contributed by atoms with E-state index in [1.165, 1.54) is 7.06 Å². The molecule has 0 aliphatic heterocycles. The lowest BCUT2D eigenvalue weighted by Gasteiger charge is -2.41. The minimum Gasteiger partial charge on any atom is -0.456 e. The largest absolute Gasteiger partial charge is 0.456 e. The number of para-hydroxylation sites is 2. The molecule has 4 aromatic carbocycles. The van der Waals surface area contributed by atoms with Gasteiger partial charge in [0, 0.05) is 168 Å². The number of rotatable bonds is 10. The van der Waals surface area contributed by atoms with Crippen LogP contribution in [0.5, 0.6) is 0 Å². The van der Waals surface area contributed by atoms with Gasteiger partial charge in [-0.05, 0) is 48.0 Å². The van der Waals surface area contributed by atoms with Gasteiger partial charge < -0.3 is 8.83 Å². The first-order valence-corrected chi connectivity index (χ1v) is 16.9. The Morgan fingerprint density at radius 1 is 0.481 bits per heavy atom. The SMILES string of the molecule is Clc1nc(-c2ccc3c(c2)oc2ccccc23)nc(-c2ccc3c(c2)oc2ccccc23)n1.[B][B]B([B])B(B(B([B])[B])B([B])[B])B(B([B])[B])B([B])[B]. The smallest absolute Gasteiger partial charge is 0.226 e. The Bertz CT molecular complexity index is 2160. The van der Waals surface area contributed by atoms with Gasteiger partial charge in [0.2, 0.25) is 5.28 Å². The van der Waals surface area contributed by atoms with Gasteiger partial charge in [0.15, 0.2) is 11.6 Å². The molecular formula is C27H14B19ClN3O2. The molecule has 0 spiro atoms. The van der Waals surface area contributed by atoms with E-state index in [0.29, 0.717) is 11.6 Å². The Morgan fingerprint density at radius 3 is 1.25 bits per heavy atom. The lowest BCUT2D eigenvalue weighted by Crippen LogP contribution is -2.79. The first kappa shape index (κ1) is 38.7. The monoisotopic (exact) mass is 656 g/mol. The molecule has 0 bridgehead atoms. The van der Waals surface area contributed by atoms with Crippen molar-refractivity contribution >= 4 is 191 Å². The van der Waals surface area contributed by atoms with Gasteiger partial charge >= 0.3 is 0 Å². The summed E-state index contributed by atoms with van der Waals surface area (Å²) in [4.78, 5) is 13.4. The number of fused-ring (bicyclic) bond motifs is 6. The van der Waals surface area contributed by atoms with Crippen LogP contribution in [0.15, 0.2) is 93.8 Å². The van der Waals surface area contributed by atoms with Crippen LogP contribution < -0.4 is 0 Å². The Hall–Kier alpha value is -2.99. The highest BCUT2D eigenvalue weighted by molar-refractivity contribution is 8.18. The molecule has 0 saturated heterocycles. The second kappa shape index (κ2) is 16.6. The molecule has 7 rings (SSSR count). The van der Waals surface area contributed by atoms with Crippen molar-refractivity contribution in [1.29, 1.82) is 0 Å². The summed E-state index contributed by atoms with van der Waals surface area (Å²) >= 11 is 6.31. The first-order chi connectivity index (χ1) is 24.9. The second-order valence-electron chi connectivity index (χ2n) is 12.7. The van der Waals surface area contributed by atoms with Gasteiger partial charge in [-0.1, -0.05) is 48.5 Å². The van der Waals surface area contributed by atoms with E-state index in [2.05, 4.69) is 9.97 Å². The second-order valence-corrected chi connectivity index (χ2v) is 13.0. The number of hydrogen-bond acceptors (Lipinski definition) is 5. The molecule has 3 aromatic heterocycles. The summed E-state index contributed by atoms with van der Waals surface area (Å²) < 4.78 is 12.0. The topological polar surface area (TPSA) is 65.0 Å². The van der Waals surface area contributed by atoms with Crippen LogP contribution in [-0.2, 0) is 0 Å². The molecule has 0 unspecified atom stereocenters. The summed E-state index contributed by atoms with van der Waals surface area (Å²) in [5.41, 5.74) is 4.84. The Balaban J connectivity index is 0.000000212. The van der Waals surface area contributed by atoms with Crippen molar-refractivity contribution in [2.45, 2.75) is 0 Å². The zero-order valence-electron chi connectivity index (χ0n) is 28.1. The third-order valence-corrected chi connectivity index (χ3v) is 9.38. The first-order valence-electron chi connectivity index (χ1n) is 16.5. The van der Waals surface area contributed by atoms with E-state index in [1.54, 1.807) is 0 Å². The number of nitrogens with zero attached hydrogens (tertiary/aromatic N) is 3. The minimum absolute atomic E-state index is 0.129. The number of furan rings is 2. The predicted octanol–water partition coefficient (Wildman–Crippen LogP) is 0.423. The standard InChI is InChI=1S/C27H14ClN3O2.B19/c28-27-30-25(15-9-11-19-17-5-1-3-7-21(17)32-23(19)13-15)29-26(31-27)16-10-12-20-18-6-2-4-8-22(18)33-24(20)14-16;1-11-16(10)19(17(12(2)3)13(4)5)18(14(6)7)15(8)9/h1-14H;. The van der Waals surface area contributed by atoms with Gasteiger partial charge in [-0.15, -0.1) is 0 Å². The van der Waals surface area contributed by atoms with Crippen molar-refractivity contribution in [2.75, 3.05) is 0 Å². The molecule has 5 nitrogen and oxygen atoms in total. The van der Waals surface area contributed by atoms with E-state index >= 15 is 0 Å². The summed E-state index contributed by atoms with van der Waals surface area (Å²) in [5, 5.41) is 4.37. The van der Waals surface area contributed by atoms with Crippen LogP contribution in [-0.4, -0.2) is 150 Å². The maximum Gasteiger partial charge on any atom is 0.226 e. The normalized spacial score (nSPS) is 10.8. The molecule has 0 saturated carbocycles. The van der Waals surface area contributed by atoms with E-state index in [0.717, 1.165) is 55.0 Å². The van der Waals surface area contributed by atoms with Crippen molar-refractivity contribution in [3.8, 4) is 22.8 Å². The maximum absolute atomic E-state index is 6.31. The van der Waals surface area contributed by atoms with Crippen LogP contribution >= 0.6 is 11.6 Å². The summed E-state index contributed by atoms with van der Waals surface area (Å²) in [6, 6.07) is 27.8. The molecule has 0 fully saturated rings. The van der Waals surface area contributed by atoms with Gasteiger partial charge in [-0.2, -0.15) is 9.97 Å². The van der Waals surface area contributed by atoms with Crippen molar-refractivity contribution in [3.05, 3.63) is 90.2 Å². The molecule has 7 aromatic rings.